The third kappa shape index (κ3) is 3.87. The summed E-state index contributed by atoms with van der Waals surface area (Å²) in [7, 11) is 1.97. The molecular formula is C11H13BrN4O2S. The molecule has 0 saturated heterocycles. The molecule has 6 nitrogen and oxygen atoms in total. The van der Waals surface area contributed by atoms with Crippen LogP contribution in [0.25, 0.3) is 0 Å². The van der Waals surface area contributed by atoms with Gasteiger partial charge in [0.25, 0.3) is 5.91 Å². The topological polar surface area (TPSA) is 84.4 Å². The first kappa shape index (κ1) is 14.2. The average molecular weight is 345 g/mol. The fraction of sp³-hybridized carbons (Fsp3) is 0.273. The highest BCUT2D eigenvalue weighted by molar-refractivity contribution is 9.11. The molecule has 0 aliphatic carbocycles. The quantitative estimate of drug-likeness (QED) is 0.490. The summed E-state index contributed by atoms with van der Waals surface area (Å²) in [5.74, 6) is 5.19. The molecule has 2 rings (SSSR count). The number of halogens is 1. The summed E-state index contributed by atoms with van der Waals surface area (Å²) in [5, 5.41) is 5.74. The summed E-state index contributed by atoms with van der Waals surface area (Å²) < 4.78 is 6.20. The van der Waals surface area contributed by atoms with Gasteiger partial charge in [0, 0.05) is 12.6 Å². The SMILES string of the molecule is CN(Cc1csc(Br)c1)Cc1cc(C(=O)NN)no1. The Balaban J connectivity index is 1.93. The van der Waals surface area contributed by atoms with E-state index in [1.54, 1.807) is 17.4 Å². The van der Waals surface area contributed by atoms with Crippen LogP contribution in [0.3, 0.4) is 0 Å². The van der Waals surface area contributed by atoms with Gasteiger partial charge in [0.1, 0.15) is 0 Å². The minimum atomic E-state index is -0.459. The summed E-state index contributed by atoms with van der Waals surface area (Å²) in [6, 6.07) is 3.66. The van der Waals surface area contributed by atoms with E-state index in [1.807, 2.05) is 12.5 Å². The third-order valence-corrected chi connectivity index (χ3v) is 3.98. The van der Waals surface area contributed by atoms with Crippen LogP contribution >= 0.6 is 27.3 Å². The van der Waals surface area contributed by atoms with E-state index in [0.717, 1.165) is 10.3 Å². The highest BCUT2D eigenvalue weighted by atomic mass is 79.9. The van der Waals surface area contributed by atoms with Crippen LogP contribution in [0.1, 0.15) is 21.8 Å². The zero-order valence-corrected chi connectivity index (χ0v) is 12.6. The summed E-state index contributed by atoms with van der Waals surface area (Å²) in [6.07, 6.45) is 0. The first-order chi connectivity index (χ1) is 9.08. The van der Waals surface area contributed by atoms with Crippen LogP contribution < -0.4 is 11.3 Å². The highest BCUT2D eigenvalue weighted by Gasteiger charge is 2.12. The second kappa shape index (κ2) is 6.29. The fourth-order valence-electron chi connectivity index (χ4n) is 1.63. The van der Waals surface area contributed by atoms with Crippen molar-refractivity contribution in [3.8, 4) is 0 Å². The third-order valence-electron chi connectivity index (χ3n) is 2.42. The van der Waals surface area contributed by atoms with Crippen LogP contribution in [0.15, 0.2) is 25.8 Å². The number of carbonyl (C=O) groups excluding carboxylic acids is 1. The number of nitrogens with zero attached hydrogens (tertiary/aromatic N) is 2. The van der Waals surface area contributed by atoms with Gasteiger partial charge in [-0.05, 0) is 40.0 Å². The second-order valence-corrected chi connectivity index (χ2v) is 6.37. The molecule has 1 amide bonds. The second-order valence-electron chi connectivity index (χ2n) is 4.08. The van der Waals surface area contributed by atoms with E-state index >= 15 is 0 Å². The van der Waals surface area contributed by atoms with Crippen LogP contribution in [0.2, 0.25) is 0 Å². The molecule has 0 atom stereocenters. The van der Waals surface area contributed by atoms with Gasteiger partial charge in [0.2, 0.25) is 0 Å². The number of nitrogen functional groups attached to an aromatic ring is 1. The molecular weight excluding hydrogens is 332 g/mol. The molecule has 0 radical (unpaired) electrons. The van der Waals surface area contributed by atoms with E-state index in [4.69, 9.17) is 10.4 Å². The predicted octanol–water partition coefficient (Wildman–Crippen LogP) is 1.73. The molecule has 102 valence electrons. The fourth-order valence-corrected chi connectivity index (χ4v) is 2.83. The molecule has 0 aliphatic heterocycles. The Hall–Kier alpha value is -1.22. The van der Waals surface area contributed by atoms with Crippen LogP contribution in [-0.4, -0.2) is 23.0 Å². The zero-order valence-electron chi connectivity index (χ0n) is 10.2. The van der Waals surface area contributed by atoms with E-state index in [-0.39, 0.29) is 5.69 Å². The number of carbonyl (C=O) groups is 1. The molecule has 2 aromatic rings. The first-order valence-corrected chi connectivity index (χ1v) is 7.13. The molecule has 2 heterocycles. The van der Waals surface area contributed by atoms with Crippen LogP contribution in [0, 0.1) is 0 Å². The van der Waals surface area contributed by atoms with E-state index in [9.17, 15) is 4.79 Å². The lowest BCUT2D eigenvalue weighted by Crippen LogP contribution is -2.30. The number of aromatic nitrogens is 1. The zero-order chi connectivity index (χ0) is 13.8. The first-order valence-electron chi connectivity index (χ1n) is 5.46. The van der Waals surface area contributed by atoms with E-state index in [1.165, 1.54) is 5.56 Å². The smallest absolute Gasteiger partial charge is 0.287 e. The Morgan fingerprint density at radius 2 is 2.37 bits per heavy atom. The minimum Gasteiger partial charge on any atom is -0.359 e. The van der Waals surface area contributed by atoms with Crippen molar-refractivity contribution in [2.75, 3.05) is 7.05 Å². The van der Waals surface area contributed by atoms with Gasteiger partial charge in [0.05, 0.1) is 10.3 Å². The van der Waals surface area contributed by atoms with Gasteiger partial charge in [0.15, 0.2) is 11.5 Å². The Labute approximate surface area is 122 Å². The summed E-state index contributed by atoms with van der Waals surface area (Å²) in [5.41, 5.74) is 3.42. The van der Waals surface area contributed by atoms with Crippen molar-refractivity contribution < 1.29 is 9.32 Å². The molecule has 0 bridgehead atoms. The van der Waals surface area contributed by atoms with E-state index < -0.39 is 5.91 Å². The number of rotatable bonds is 5. The van der Waals surface area contributed by atoms with Gasteiger partial charge < -0.3 is 4.52 Å². The van der Waals surface area contributed by atoms with Gasteiger partial charge in [-0.25, -0.2) is 5.84 Å². The van der Waals surface area contributed by atoms with Gasteiger partial charge in [-0.15, -0.1) is 11.3 Å². The van der Waals surface area contributed by atoms with Crippen molar-refractivity contribution in [1.82, 2.24) is 15.5 Å². The van der Waals surface area contributed by atoms with Crippen LogP contribution in [0.4, 0.5) is 0 Å². The van der Waals surface area contributed by atoms with Gasteiger partial charge in [-0.1, -0.05) is 5.16 Å². The van der Waals surface area contributed by atoms with Crippen molar-refractivity contribution >= 4 is 33.2 Å². The van der Waals surface area contributed by atoms with Crippen molar-refractivity contribution in [1.29, 1.82) is 0 Å². The van der Waals surface area contributed by atoms with Gasteiger partial charge in [-0.3, -0.25) is 15.1 Å². The Kier molecular flexibility index (Phi) is 4.70. The van der Waals surface area contributed by atoms with E-state index in [0.29, 0.717) is 12.3 Å². The minimum absolute atomic E-state index is 0.184. The van der Waals surface area contributed by atoms with E-state index in [2.05, 4.69) is 37.4 Å². The number of hydrazine groups is 1. The molecule has 19 heavy (non-hydrogen) atoms. The average Bonchev–Trinajstić information content (AvgIpc) is 2.98. The monoisotopic (exact) mass is 344 g/mol. The van der Waals surface area contributed by atoms with Crippen molar-refractivity contribution in [2.24, 2.45) is 5.84 Å². The summed E-state index contributed by atoms with van der Waals surface area (Å²) in [4.78, 5) is 13.3. The lowest BCUT2D eigenvalue weighted by atomic mass is 10.3. The van der Waals surface area contributed by atoms with Crippen molar-refractivity contribution in [2.45, 2.75) is 13.1 Å². The number of amides is 1. The Morgan fingerprint density at radius 1 is 1.58 bits per heavy atom. The highest BCUT2D eigenvalue weighted by Crippen LogP contribution is 2.21. The Morgan fingerprint density at radius 3 is 3.00 bits per heavy atom. The maximum Gasteiger partial charge on any atom is 0.287 e. The number of nitrogens with two attached hydrogens (primary N) is 1. The van der Waals surface area contributed by atoms with Crippen molar-refractivity contribution in [3.05, 3.63) is 38.3 Å². The predicted molar refractivity (Wildman–Crippen MR) is 75.3 cm³/mol. The standard InChI is InChI=1S/C11H13BrN4O2S/c1-16(4-7-2-10(12)19-6-7)5-8-3-9(15-18-8)11(17)14-13/h2-3,6H,4-5,13H2,1H3,(H,14,17). The molecule has 0 aliphatic rings. The summed E-state index contributed by atoms with van der Waals surface area (Å²) >= 11 is 5.08. The maximum atomic E-state index is 11.2. The molecule has 8 heteroatoms. The lowest BCUT2D eigenvalue weighted by molar-refractivity contribution is 0.0944. The number of hydrogen-bond acceptors (Lipinski definition) is 6. The van der Waals surface area contributed by atoms with Crippen LogP contribution in [0.5, 0.6) is 0 Å². The number of thiophene rings is 1. The maximum absolute atomic E-state index is 11.2. The molecule has 0 saturated carbocycles. The molecule has 0 spiro atoms. The summed E-state index contributed by atoms with van der Waals surface area (Å²) in [6.45, 7) is 1.36. The van der Waals surface area contributed by atoms with Crippen LogP contribution in [-0.2, 0) is 13.1 Å². The van der Waals surface area contributed by atoms with Crippen molar-refractivity contribution in [3.63, 3.8) is 0 Å². The van der Waals surface area contributed by atoms with Gasteiger partial charge >= 0.3 is 0 Å². The largest absolute Gasteiger partial charge is 0.359 e. The Bertz CT molecular complexity index is 569. The normalized spacial score (nSPS) is 10.9. The molecule has 0 aromatic carbocycles. The lowest BCUT2D eigenvalue weighted by Gasteiger charge is -2.13. The molecule has 0 unspecified atom stereocenters. The van der Waals surface area contributed by atoms with Gasteiger partial charge in [-0.2, -0.15) is 0 Å². The molecule has 3 N–H and O–H groups in total. The molecule has 2 aromatic heterocycles. The molecule has 0 fully saturated rings. The number of hydrogen-bond donors (Lipinski definition) is 2. The number of nitrogens with one attached hydrogen (secondary N) is 1.